The van der Waals surface area contributed by atoms with Crippen LogP contribution in [-0.4, -0.2) is 35.5 Å². The molecule has 1 aromatic carbocycles. The fourth-order valence-corrected chi connectivity index (χ4v) is 3.90. The number of carbonyl (C=O) groups excluding carboxylic acids is 1. The minimum Gasteiger partial charge on any atom is -0.488 e. The van der Waals surface area contributed by atoms with Gasteiger partial charge in [0.05, 0.1) is 11.3 Å². The molecule has 1 saturated heterocycles. The number of amides is 1. The molecule has 2 aromatic rings. The maximum absolute atomic E-state index is 12.5. The molecule has 4 rings (SSSR count). The van der Waals surface area contributed by atoms with Crippen LogP contribution in [0.1, 0.15) is 30.5 Å². The molecule has 0 saturated carbocycles. The number of ether oxygens (including phenoxy) is 1. The van der Waals surface area contributed by atoms with Crippen LogP contribution < -0.4 is 10.1 Å². The zero-order valence-electron chi connectivity index (χ0n) is 14.0. The van der Waals surface area contributed by atoms with E-state index in [2.05, 4.69) is 15.2 Å². The number of rotatable bonds is 4. The summed E-state index contributed by atoms with van der Waals surface area (Å²) in [7, 11) is 0. The Hall–Kier alpha value is -2.18. The van der Waals surface area contributed by atoms with Crippen LogP contribution in [0.4, 0.5) is 5.13 Å². The second-order valence-corrected chi connectivity index (χ2v) is 7.29. The van der Waals surface area contributed by atoms with E-state index in [9.17, 15) is 4.79 Å². The number of benzene rings is 1. The van der Waals surface area contributed by atoms with Gasteiger partial charge in [-0.25, -0.2) is 4.98 Å². The van der Waals surface area contributed by atoms with Gasteiger partial charge in [-0.2, -0.15) is 0 Å². The number of carbonyl (C=O) groups is 1. The van der Waals surface area contributed by atoms with Gasteiger partial charge in [0.25, 0.3) is 5.91 Å². The first-order chi connectivity index (χ1) is 12.3. The molecule has 2 aliphatic heterocycles. The molecule has 0 radical (unpaired) electrons. The van der Waals surface area contributed by atoms with Crippen LogP contribution in [0.25, 0.3) is 6.08 Å². The molecule has 1 amide bonds. The Kier molecular flexibility index (Phi) is 4.81. The molecule has 6 heteroatoms. The van der Waals surface area contributed by atoms with E-state index in [0.717, 1.165) is 36.6 Å². The third-order valence-corrected chi connectivity index (χ3v) is 5.34. The number of likely N-dealkylation sites (tertiary alicyclic amines) is 1. The van der Waals surface area contributed by atoms with Gasteiger partial charge in [0, 0.05) is 17.5 Å². The number of nitrogens with one attached hydrogen (secondary N) is 1. The van der Waals surface area contributed by atoms with Crippen molar-refractivity contribution in [3.8, 4) is 5.75 Å². The molecule has 5 nitrogen and oxygen atoms in total. The van der Waals surface area contributed by atoms with Gasteiger partial charge in [0.1, 0.15) is 12.4 Å². The maximum atomic E-state index is 12.5. The average Bonchev–Trinajstić information content (AvgIpc) is 3.09. The highest BCUT2D eigenvalue weighted by atomic mass is 32.1. The van der Waals surface area contributed by atoms with Crippen molar-refractivity contribution in [3.63, 3.8) is 0 Å². The Labute approximate surface area is 151 Å². The Balaban J connectivity index is 1.39. The first-order valence-corrected chi connectivity index (χ1v) is 9.56. The SMILES string of the molecule is O=C(Nc1nc(CN2CCCCC2)cs1)C1=Cc2ccccc2OC1. The van der Waals surface area contributed by atoms with Gasteiger partial charge in [0.15, 0.2) is 5.13 Å². The Morgan fingerprint density at radius 1 is 1.24 bits per heavy atom. The van der Waals surface area contributed by atoms with Crippen molar-refractivity contribution >= 4 is 28.5 Å². The topological polar surface area (TPSA) is 54.5 Å². The molecule has 1 N–H and O–H groups in total. The van der Waals surface area contributed by atoms with Crippen LogP contribution in [0.3, 0.4) is 0 Å². The molecule has 0 spiro atoms. The fraction of sp³-hybridized carbons (Fsp3) is 0.368. The van der Waals surface area contributed by atoms with Gasteiger partial charge >= 0.3 is 0 Å². The van der Waals surface area contributed by atoms with Crippen molar-refractivity contribution in [1.82, 2.24) is 9.88 Å². The second-order valence-electron chi connectivity index (χ2n) is 6.43. The standard InChI is InChI=1S/C19H21N3O2S/c23-18(15-10-14-6-2-3-7-17(14)24-12-15)21-19-20-16(13-25-19)11-22-8-4-1-5-9-22/h2-3,6-7,10,13H,1,4-5,8-9,11-12H2,(H,20,21,23). The van der Waals surface area contributed by atoms with Crippen LogP contribution in [0.15, 0.2) is 35.2 Å². The van der Waals surface area contributed by atoms with Crippen molar-refractivity contribution in [2.24, 2.45) is 0 Å². The summed E-state index contributed by atoms with van der Waals surface area (Å²) >= 11 is 1.48. The number of hydrogen-bond acceptors (Lipinski definition) is 5. The van der Waals surface area contributed by atoms with E-state index in [1.54, 1.807) is 0 Å². The number of hydrogen-bond donors (Lipinski definition) is 1. The van der Waals surface area contributed by atoms with E-state index < -0.39 is 0 Å². The highest BCUT2D eigenvalue weighted by Crippen LogP contribution is 2.26. The van der Waals surface area contributed by atoms with Crippen LogP contribution >= 0.6 is 11.3 Å². The fourth-order valence-electron chi connectivity index (χ4n) is 3.21. The number of thiazole rings is 1. The molecule has 1 fully saturated rings. The number of aromatic nitrogens is 1. The molecule has 1 aromatic heterocycles. The second kappa shape index (κ2) is 7.37. The predicted octanol–water partition coefficient (Wildman–Crippen LogP) is 3.54. The third kappa shape index (κ3) is 3.91. The lowest BCUT2D eigenvalue weighted by Crippen LogP contribution is -2.29. The van der Waals surface area contributed by atoms with E-state index >= 15 is 0 Å². The summed E-state index contributed by atoms with van der Waals surface area (Å²) in [5.41, 5.74) is 2.58. The Bertz CT molecular complexity index is 793. The number of piperidine rings is 1. The molecular weight excluding hydrogens is 334 g/mol. The predicted molar refractivity (Wildman–Crippen MR) is 99.8 cm³/mol. The van der Waals surface area contributed by atoms with Crippen molar-refractivity contribution < 1.29 is 9.53 Å². The summed E-state index contributed by atoms with van der Waals surface area (Å²) in [6.07, 6.45) is 5.75. The molecule has 2 aliphatic rings. The summed E-state index contributed by atoms with van der Waals surface area (Å²) in [5, 5.41) is 5.58. The van der Waals surface area contributed by atoms with Crippen molar-refractivity contribution in [2.75, 3.05) is 25.0 Å². The van der Waals surface area contributed by atoms with E-state index in [1.807, 2.05) is 35.7 Å². The maximum Gasteiger partial charge on any atom is 0.256 e. The largest absolute Gasteiger partial charge is 0.488 e. The number of para-hydroxylation sites is 1. The lowest BCUT2D eigenvalue weighted by Gasteiger charge is -2.25. The molecule has 0 bridgehead atoms. The summed E-state index contributed by atoms with van der Waals surface area (Å²) in [5.74, 6) is 0.672. The number of anilines is 1. The zero-order valence-corrected chi connectivity index (χ0v) is 14.8. The zero-order chi connectivity index (χ0) is 17.1. The normalized spacial score (nSPS) is 17.4. The Morgan fingerprint density at radius 3 is 2.96 bits per heavy atom. The Morgan fingerprint density at radius 2 is 2.08 bits per heavy atom. The van der Waals surface area contributed by atoms with Gasteiger partial charge in [-0.15, -0.1) is 11.3 Å². The van der Waals surface area contributed by atoms with Gasteiger partial charge in [-0.1, -0.05) is 24.6 Å². The van der Waals surface area contributed by atoms with Gasteiger partial charge in [0.2, 0.25) is 0 Å². The average molecular weight is 355 g/mol. The lowest BCUT2D eigenvalue weighted by atomic mass is 10.1. The first-order valence-electron chi connectivity index (χ1n) is 8.68. The smallest absolute Gasteiger partial charge is 0.256 e. The molecule has 25 heavy (non-hydrogen) atoms. The molecule has 0 unspecified atom stereocenters. The number of nitrogens with zero attached hydrogens (tertiary/aromatic N) is 2. The minimum absolute atomic E-state index is 0.145. The van der Waals surface area contributed by atoms with Gasteiger partial charge in [-0.3, -0.25) is 15.0 Å². The molecule has 0 aliphatic carbocycles. The quantitative estimate of drug-likeness (QED) is 0.911. The minimum atomic E-state index is -0.145. The first kappa shape index (κ1) is 16.3. The van der Waals surface area contributed by atoms with Crippen LogP contribution in [0.5, 0.6) is 5.75 Å². The molecular formula is C19H21N3O2S. The lowest BCUT2D eigenvalue weighted by molar-refractivity contribution is -0.113. The van der Waals surface area contributed by atoms with Gasteiger partial charge in [-0.05, 0) is 38.1 Å². The van der Waals surface area contributed by atoms with E-state index in [4.69, 9.17) is 4.74 Å². The van der Waals surface area contributed by atoms with E-state index in [0.29, 0.717) is 10.7 Å². The van der Waals surface area contributed by atoms with Crippen LogP contribution in [0.2, 0.25) is 0 Å². The summed E-state index contributed by atoms with van der Waals surface area (Å²) < 4.78 is 5.65. The summed E-state index contributed by atoms with van der Waals surface area (Å²) in [6.45, 7) is 3.44. The van der Waals surface area contributed by atoms with Gasteiger partial charge < -0.3 is 4.74 Å². The van der Waals surface area contributed by atoms with E-state index in [1.165, 1.54) is 30.6 Å². The van der Waals surface area contributed by atoms with Crippen LogP contribution in [0, 0.1) is 0 Å². The number of fused-ring (bicyclic) bond motifs is 1. The highest BCUT2D eigenvalue weighted by Gasteiger charge is 2.18. The van der Waals surface area contributed by atoms with Crippen molar-refractivity contribution in [2.45, 2.75) is 25.8 Å². The van der Waals surface area contributed by atoms with Crippen molar-refractivity contribution in [1.29, 1.82) is 0 Å². The highest BCUT2D eigenvalue weighted by molar-refractivity contribution is 7.14. The molecule has 3 heterocycles. The van der Waals surface area contributed by atoms with E-state index in [-0.39, 0.29) is 12.5 Å². The molecule has 130 valence electrons. The summed E-state index contributed by atoms with van der Waals surface area (Å²) in [6, 6.07) is 7.72. The summed E-state index contributed by atoms with van der Waals surface area (Å²) in [4.78, 5) is 19.5. The van der Waals surface area contributed by atoms with Crippen molar-refractivity contribution in [3.05, 3.63) is 46.5 Å². The third-order valence-electron chi connectivity index (χ3n) is 4.53. The monoisotopic (exact) mass is 355 g/mol. The molecule has 0 atom stereocenters. The van der Waals surface area contributed by atoms with Crippen LogP contribution in [-0.2, 0) is 11.3 Å².